The zero-order valence-electron chi connectivity index (χ0n) is 11.4. The van der Waals surface area contributed by atoms with Crippen molar-refractivity contribution in [3.8, 4) is 0 Å². The molecule has 0 heterocycles. The number of benzene rings is 1. The van der Waals surface area contributed by atoms with Gasteiger partial charge < -0.3 is 5.73 Å². The van der Waals surface area contributed by atoms with Gasteiger partial charge in [0.1, 0.15) is 0 Å². The molecule has 1 nitrogen and oxygen atoms in total. The van der Waals surface area contributed by atoms with E-state index in [1.54, 1.807) is 0 Å². The first-order valence-electron chi connectivity index (χ1n) is 5.86. The second kappa shape index (κ2) is 8.34. The third-order valence-corrected chi connectivity index (χ3v) is 1.78. The molecule has 0 aliphatic rings. The van der Waals surface area contributed by atoms with Crippen LogP contribution >= 0.6 is 0 Å². The topological polar surface area (TPSA) is 26.0 Å². The van der Waals surface area contributed by atoms with E-state index in [-0.39, 0.29) is 5.41 Å². The van der Waals surface area contributed by atoms with Crippen LogP contribution in [0.25, 0.3) is 0 Å². The summed E-state index contributed by atoms with van der Waals surface area (Å²) in [6, 6.07) is 8.05. The van der Waals surface area contributed by atoms with E-state index in [4.69, 9.17) is 5.73 Å². The number of hydrogen-bond acceptors (Lipinski definition) is 1. The van der Waals surface area contributed by atoms with Gasteiger partial charge in [-0.3, -0.25) is 0 Å². The molecule has 0 spiro atoms. The summed E-state index contributed by atoms with van der Waals surface area (Å²) in [6.07, 6.45) is 0. The minimum absolute atomic E-state index is 0.230. The molecule has 2 N–H and O–H groups in total. The third-order valence-electron chi connectivity index (χ3n) is 1.78. The SMILES string of the molecule is CC.CC.CC(C)(C)c1ccc(N)cc1. The van der Waals surface area contributed by atoms with Gasteiger partial charge >= 0.3 is 0 Å². The molecule has 0 bridgehead atoms. The highest BCUT2D eigenvalue weighted by atomic mass is 14.5. The van der Waals surface area contributed by atoms with Crippen LogP contribution in [0.5, 0.6) is 0 Å². The summed E-state index contributed by atoms with van der Waals surface area (Å²) in [4.78, 5) is 0. The third kappa shape index (κ3) is 7.01. The van der Waals surface area contributed by atoms with Crippen LogP contribution in [0.2, 0.25) is 0 Å². The Morgan fingerprint density at radius 1 is 0.800 bits per heavy atom. The van der Waals surface area contributed by atoms with Crippen molar-refractivity contribution in [3.63, 3.8) is 0 Å². The first-order chi connectivity index (χ1) is 7.00. The second-order valence-corrected chi connectivity index (χ2v) is 3.87. The normalized spacial score (nSPS) is 9.27. The Labute approximate surface area is 95.7 Å². The maximum Gasteiger partial charge on any atom is 0.0314 e. The lowest BCUT2D eigenvalue weighted by atomic mass is 9.87. The molecule has 0 atom stereocenters. The molecular formula is C14H27N. The van der Waals surface area contributed by atoms with Crippen molar-refractivity contribution >= 4 is 5.69 Å². The van der Waals surface area contributed by atoms with Gasteiger partial charge in [0, 0.05) is 5.69 Å². The van der Waals surface area contributed by atoms with Gasteiger partial charge in [0.15, 0.2) is 0 Å². The average Bonchev–Trinajstić information content (AvgIpc) is 2.23. The lowest BCUT2D eigenvalue weighted by molar-refractivity contribution is 0.590. The van der Waals surface area contributed by atoms with Crippen molar-refractivity contribution in [2.24, 2.45) is 0 Å². The summed E-state index contributed by atoms with van der Waals surface area (Å²) >= 11 is 0. The Kier molecular flexibility index (Phi) is 9.14. The zero-order chi connectivity index (χ0) is 12.5. The summed E-state index contributed by atoms with van der Waals surface area (Å²) < 4.78 is 0. The maximum atomic E-state index is 5.57. The summed E-state index contributed by atoms with van der Waals surface area (Å²) in [7, 11) is 0. The van der Waals surface area contributed by atoms with Crippen molar-refractivity contribution < 1.29 is 0 Å². The van der Waals surface area contributed by atoms with Crippen LogP contribution < -0.4 is 5.73 Å². The van der Waals surface area contributed by atoms with Crippen LogP contribution in [0.3, 0.4) is 0 Å². The predicted molar refractivity (Wildman–Crippen MR) is 72.3 cm³/mol. The molecule has 1 heteroatoms. The van der Waals surface area contributed by atoms with Gasteiger partial charge in [-0.25, -0.2) is 0 Å². The minimum Gasteiger partial charge on any atom is -0.399 e. The van der Waals surface area contributed by atoms with Crippen LogP contribution in [-0.2, 0) is 5.41 Å². The van der Waals surface area contributed by atoms with Crippen LogP contribution in [0.4, 0.5) is 5.69 Å². The standard InChI is InChI=1S/C10H15N.2C2H6/c1-10(2,3)8-4-6-9(11)7-5-8;2*1-2/h4-7H,11H2,1-3H3;2*1-2H3. The van der Waals surface area contributed by atoms with E-state index in [1.165, 1.54) is 5.56 Å². The molecular weight excluding hydrogens is 182 g/mol. The fourth-order valence-electron chi connectivity index (χ4n) is 0.983. The second-order valence-electron chi connectivity index (χ2n) is 3.87. The number of nitrogen functional groups attached to an aromatic ring is 1. The van der Waals surface area contributed by atoms with Crippen LogP contribution in [0.15, 0.2) is 24.3 Å². The smallest absolute Gasteiger partial charge is 0.0314 e. The summed E-state index contributed by atoms with van der Waals surface area (Å²) in [5.74, 6) is 0. The number of rotatable bonds is 0. The Morgan fingerprint density at radius 2 is 1.13 bits per heavy atom. The highest BCUT2D eigenvalue weighted by Crippen LogP contribution is 2.22. The predicted octanol–water partition coefficient (Wildman–Crippen LogP) is 4.62. The van der Waals surface area contributed by atoms with Crippen molar-refractivity contribution in [2.75, 3.05) is 5.73 Å². The van der Waals surface area contributed by atoms with Crippen LogP contribution in [0.1, 0.15) is 54.0 Å². The molecule has 0 aromatic heterocycles. The maximum absolute atomic E-state index is 5.57. The average molecular weight is 209 g/mol. The van der Waals surface area contributed by atoms with E-state index in [1.807, 2.05) is 39.8 Å². The van der Waals surface area contributed by atoms with E-state index in [9.17, 15) is 0 Å². The minimum atomic E-state index is 0.230. The lowest BCUT2D eigenvalue weighted by Gasteiger charge is -2.18. The van der Waals surface area contributed by atoms with Gasteiger partial charge in [0.25, 0.3) is 0 Å². The van der Waals surface area contributed by atoms with Crippen molar-refractivity contribution in [1.29, 1.82) is 0 Å². The molecule has 0 fully saturated rings. The van der Waals surface area contributed by atoms with Gasteiger partial charge in [-0.15, -0.1) is 0 Å². The Morgan fingerprint density at radius 3 is 1.40 bits per heavy atom. The molecule has 1 aromatic carbocycles. The number of hydrogen-bond donors (Lipinski definition) is 1. The Hall–Kier alpha value is -0.980. The molecule has 1 rings (SSSR count). The van der Waals surface area contributed by atoms with E-state index < -0.39 is 0 Å². The monoisotopic (exact) mass is 209 g/mol. The van der Waals surface area contributed by atoms with Gasteiger partial charge in [-0.1, -0.05) is 60.6 Å². The summed E-state index contributed by atoms with van der Waals surface area (Å²) in [5, 5.41) is 0. The molecule has 0 unspecified atom stereocenters. The molecule has 0 saturated carbocycles. The van der Waals surface area contributed by atoms with Gasteiger partial charge in [0.2, 0.25) is 0 Å². The largest absolute Gasteiger partial charge is 0.399 e. The summed E-state index contributed by atoms with van der Waals surface area (Å²) in [5.41, 5.74) is 7.96. The fourth-order valence-corrected chi connectivity index (χ4v) is 0.983. The first kappa shape index (κ1) is 16.4. The molecule has 0 radical (unpaired) electrons. The van der Waals surface area contributed by atoms with Crippen molar-refractivity contribution in [2.45, 2.75) is 53.9 Å². The Balaban J connectivity index is 0. The van der Waals surface area contributed by atoms with Crippen molar-refractivity contribution in [1.82, 2.24) is 0 Å². The first-order valence-corrected chi connectivity index (χ1v) is 5.86. The number of anilines is 1. The van der Waals surface area contributed by atoms with Crippen LogP contribution in [0, 0.1) is 0 Å². The highest BCUT2D eigenvalue weighted by Gasteiger charge is 2.11. The zero-order valence-corrected chi connectivity index (χ0v) is 11.4. The van der Waals surface area contributed by atoms with E-state index in [0.29, 0.717) is 0 Å². The molecule has 0 amide bonds. The molecule has 88 valence electrons. The molecule has 0 aliphatic heterocycles. The van der Waals surface area contributed by atoms with Gasteiger partial charge in [-0.2, -0.15) is 0 Å². The fraction of sp³-hybridized carbons (Fsp3) is 0.571. The van der Waals surface area contributed by atoms with Gasteiger partial charge in [0.05, 0.1) is 0 Å². The van der Waals surface area contributed by atoms with E-state index >= 15 is 0 Å². The molecule has 0 saturated heterocycles. The summed E-state index contributed by atoms with van der Waals surface area (Å²) in [6.45, 7) is 14.6. The van der Waals surface area contributed by atoms with Crippen molar-refractivity contribution in [3.05, 3.63) is 29.8 Å². The van der Waals surface area contributed by atoms with Gasteiger partial charge in [-0.05, 0) is 23.1 Å². The highest BCUT2D eigenvalue weighted by molar-refractivity contribution is 5.40. The Bertz CT molecular complexity index is 229. The van der Waals surface area contributed by atoms with E-state index in [2.05, 4.69) is 32.9 Å². The van der Waals surface area contributed by atoms with E-state index in [0.717, 1.165) is 5.69 Å². The number of nitrogens with two attached hydrogens (primary N) is 1. The lowest BCUT2D eigenvalue weighted by Crippen LogP contribution is -2.10. The quantitative estimate of drug-likeness (QED) is 0.620. The molecule has 0 aliphatic carbocycles. The molecule has 15 heavy (non-hydrogen) atoms. The molecule has 1 aromatic rings. The van der Waals surface area contributed by atoms with Crippen LogP contribution in [-0.4, -0.2) is 0 Å².